The largest absolute Gasteiger partial charge is 0.376 e. The number of likely N-dealkylation sites (N-methyl/N-ethyl adjacent to an activating group) is 1. The summed E-state index contributed by atoms with van der Waals surface area (Å²) >= 11 is 0. The first kappa shape index (κ1) is 16.4. The smallest absolute Gasteiger partial charge is 0.237 e. The van der Waals surface area contributed by atoms with Gasteiger partial charge in [-0.3, -0.25) is 4.79 Å². The molecule has 5 heteroatoms. The van der Waals surface area contributed by atoms with Gasteiger partial charge in [0.15, 0.2) is 0 Å². The van der Waals surface area contributed by atoms with Gasteiger partial charge in [0.2, 0.25) is 5.91 Å². The topological polar surface area (TPSA) is 73.6 Å². The first-order chi connectivity index (χ1) is 8.98. The molecule has 1 aliphatic rings. The van der Waals surface area contributed by atoms with Crippen LogP contribution in [0, 0.1) is 0 Å². The van der Waals surface area contributed by atoms with Gasteiger partial charge in [0.05, 0.1) is 24.4 Å². The molecule has 1 aliphatic heterocycles. The third-order valence-electron chi connectivity index (χ3n) is 3.65. The van der Waals surface area contributed by atoms with Gasteiger partial charge in [0.25, 0.3) is 0 Å². The Morgan fingerprint density at radius 2 is 2.32 bits per heavy atom. The highest BCUT2D eigenvalue weighted by Crippen LogP contribution is 2.17. The maximum atomic E-state index is 11.5. The number of hydrogen-bond donors (Lipinski definition) is 2. The third-order valence-corrected chi connectivity index (χ3v) is 3.65. The summed E-state index contributed by atoms with van der Waals surface area (Å²) in [4.78, 5) is 11.5. The molecule has 0 aliphatic carbocycles. The van der Waals surface area contributed by atoms with Gasteiger partial charge in [-0.2, -0.15) is 0 Å². The second kappa shape index (κ2) is 7.82. The quantitative estimate of drug-likeness (QED) is 0.696. The molecular weight excluding hydrogens is 244 g/mol. The van der Waals surface area contributed by atoms with Crippen molar-refractivity contribution in [2.45, 2.75) is 64.2 Å². The summed E-state index contributed by atoms with van der Waals surface area (Å²) in [6, 6.07) is 0. The second-order valence-electron chi connectivity index (χ2n) is 5.56. The molecule has 3 unspecified atom stereocenters. The van der Waals surface area contributed by atoms with Crippen molar-refractivity contribution in [2.24, 2.45) is 5.73 Å². The molecule has 1 amide bonds. The number of nitrogens with one attached hydrogen (secondary N) is 1. The van der Waals surface area contributed by atoms with E-state index < -0.39 is 5.54 Å². The molecule has 0 radical (unpaired) electrons. The zero-order chi connectivity index (χ0) is 14.3. The normalized spacial score (nSPS) is 24.7. The van der Waals surface area contributed by atoms with Crippen LogP contribution < -0.4 is 11.1 Å². The summed E-state index contributed by atoms with van der Waals surface area (Å²) in [7, 11) is 0. The fraction of sp³-hybridized carbons (Fsp3) is 0.929. The van der Waals surface area contributed by atoms with E-state index in [2.05, 4.69) is 5.32 Å². The summed E-state index contributed by atoms with van der Waals surface area (Å²) in [5.74, 6) is -0.335. The van der Waals surface area contributed by atoms with Crippen LogP contribution in [-0.2, 0) is 14.3 Å². The Morgan fingerprint density at radius 1 is 1.58 bits per heavy atom. The number of primary amides is 1. The van der Waals surface area contributed by atoms with Crippen molar-refractivity contribution in [3.63, 3.8) is 0 Å². The van der Waals surface area contributed by atoms with Crippen LogP contribution in [0.25, 0.3) is 0 Å². The number of amides is 1. The van der Waals surface area contributed by atoms with Crippen LogP contribution in [0.5, 0.6) is 0 Å². The van der Waals surface area contributed by atoms with Crippen molar-refractivity contribution >= 4 is 5.91 Å². The first-order valence-corrected chi connectivity index (χ1v) is 7.26. The highest BCUT2D eigenvalue weighted by Gasteiger charge is 2.32. The minimum Gasteiger partial charge on any atom is -0.376 e. The van der Waals surface area contributed by atoms with Crippen LogP contribution in [0.3, 0.4) is 0 Å². The van der Waals surface area contributed by atoms with E-state index >= 15 is 0 Å². The van der Waals surface area contributed by atoms with Gasteiger partial charge in [0.1, 0.15) is 0 Å². The Hall–Kier alpha value is -0.650. The molecule has 1 heterocycles. The molecule has 0 aromatic heterocycles. The van der Waals surface area contributed by atoms with E-state index in [-0.39, 0.29) is 18.1 Å². The van der Waals surface area contributed by atoms with Crippen molar-refractivity contribution < 1.29 is 14.3 Å². The van der Waals surface area contributed by atoms with Crippen LogP contribution in [-0.4, -0.2) is 43.4 Å². The maximum Gasteiger partial charge on any atom is 0.237 e. The molecular formula is C14H28N2O3. The monoisotopic (exact) mass is 272 g/mol. The highest BCUT2D eigenvalue weighted by atomic mass is 16.5. The predicted molar refractivity (Wildman–Crippen MR) is 74.9 cm³/mol. The zero-order valence-corrected chi connectivity index (χ0v) is 12.4. The molecule has 3 atom stereocenters. The van der Waals surface area contributed by atoms with Crippen molar-refractivity contribution in [3.8, 4) is 0 Å². The van der Waals surface area contributed by atoms with Gasteiger partial charge in [-0.05, 0) is 39.7 Å². The Morgan fingerprint density at radius 3 is 2.84 bits per heavy atom. The summed E-state index contributed by atoms with van der Waals surface area (Å²) in [5, 5.41) is 3.14. The summed E-state index contributed by atoms with van der Waals surface area (Å²) in [6.07, 6.45) is 4.17. The molecule has 0 spiro atoms. The first-order valence-electron chi connectivity index (χ1n) is 7.26. The Kier molecular flexibility index (Phi) is 6.75. The zero-order valence-electron chi connectivity index (χ0n) is 12.4. The molecule has 112 valence electrons. The van der Waals surface area contributed by atoms with E-state index in [0.717, 1.165) is 19.4 Å². The Balaban J connectivity index is 2.35. The van der Waals surface area contributed by atoms with Gasteiger partial charge < -0.3 is 20.5 Å². The molecule has 1 rings (SSSR count). The number of ether oxygens (including phenoxy) is 2. The van der Waals surface area contributed by atoms with E-state index in [0.29, 0.717) is 19.6 Å². The molecule has 1 fully saturated rings. The number of nitrogens with two attached hydrogens (primary N) is 1. The molecule has 1 saturated heterocycles. The van der Waals surface area contributed by atoms with Crippen molar-refractivity contribution in [2.75, 3.05) is 19.8 Å². The minimum atomic E-state index is -0.707. The number of hydrogen-bond acceptors (Lipinski definition) is 4. The predicted octanol–water partition coefficient (Wildman–Crippen LogP) is 1.20. The molecule has 0 bridgehead atoms. The molecule has 19 heavy (non-hydrogen) atoms. The summed E-state index contributed by atoms with van der Waals surface area (Å²) in [5.41, 5.74) is 4.76. The number of carbonyl (C=O) groups excluding carboxylic acids is 1. The van der Waals surface area contributed by atoms with Gasteiger partial charge >= 0.3 is 0 Å². The van der Waals surface area contributed by atoms with Gasteiger partial charge in [-0.1, -0.05) is 6.92 Å². The van der Waals surface area contributed by atoms with Crippen LogP contribution >= 0.6 is 0 Å². The van der Waals surface area contributed by atoms with E-state index in [1.54, 1.807) is 0 Å². The second-order valence-corrected chi connectivity index (χ2v) is 5.56. The molecule has 0 aromatic carbocycles. The molecule has 0 aromatic rings. The number of carbonyl (C=O) groups is 1. The van der Waals surface area contributed by atoms with Crippen molar-refractivity contribution in [1.29, 1.82) is 0 Å². The Labute approximate surface area is 116 Å². The molecule has 5 nitrogen and oxygen atoms in total. The van der Waals surface area contributed by atoms with E-state index in [1.165, 1.54) is 6.42 Å². The van der Waals surface area contributed by atoms with E-state index in [9.17, 15) is 4.79 Å². The lowest BCUT2D eigenvalue weighted by Crippen LogP contribution is -2.54. The van der Waals surface area contributed by atoms with Gasteiger partial charge in [0, 0.05) is 13.0 Å². The summed E-state index contributed by atoms with van der Waals surface area (Å²) in [6.45, 7) is 7.90. The Bertz CT molecular complexity index is 280. The van der Waals surface area contributed by atoms with E-state index in [1.807, 2.05) is 20.8 Å². The average molecular weight is 272 g/mol. The average Bonchev–Trinajstić information content (AvgIpc) is 2.37. The number of rotatable bonds is 8. The standard InChI is InChI=1S/C14H28N2O3/c1-4-16-14(3,13(15)17)9-11(2)19-10-12-7-5-6-8-18-12/h11-12,16H,4-10H2,1-3H3,(H2,15,17). The van der Waals surface area contributed by atoms with Crippen LogP contribution in [0.2, 0.25) is 0 Å². The SMILES string of the molecule is CCNC(C)(CC(C)OCC1CCCCO1)C(N)=O. The third kappa shape index (κ3) is 5.47. The van der Waals surface area contributed by atoms with Crippen LogP contribution in [0.4, 0.5) is 0 Å². The van der Waals surface area contributed by atoms with E-state index in [4.69, 9.17) is 15.2 Å². The van der Waals surface area contributed by atoms with Crippen molar-refractivity contribution in [1.82, 2.24) is 5.32 Å². The van der Waals surface area contributed by atoms with Crippen LogP contribution in [0.1, 0.15) is 46.5 Å². The minimum absolute atomic E-state index is 0.0259. The van der Waals surface area contributed by atoms with Crippen molar-refractivity contribution in [3.05, 3.63) is 0 Å². The molecule has 0 saturated carbocycles. The van der Waals surface area contributed by atoms with Gasteiger partial charge in [-0.15, -0.1) is 0 Å². The maximum absolute atomic E-state index is 11.5. The fourth-order valence-corrected chi connectivity index (χ4v) is 2.49. The molecule has 3 N–H and O–H groups in total. The summed E-state index contributed by atoms with van der Waals surface area (Å²) < 4.78 is 11.4. The lowest BCUT2D eigenvalue weighted by molar-refractivity contribution is -0.126. The lowest BCUT2D eigenvalue weighted by atomic mass is 9.94. The fourth-order valence-electron chi connectivity index (χ4n) is 2.49. The van der Waals surface area contributed by atoms with Gasteiger partial charge in [-0.25, -0.2) is 0 Å². The highest BCUT2D eigenvalue weighted by molar-refractivity contribution is 5.84. The lowest BCUT2D eigenvalue weighted by Gasteiger charge is -2.31. The van der Waals surface area contributed by atoms with Crippen LogP contribution in [0.15, 0.2) is 0 Å².